The molecule has 2 amide bonds. The van der Waals surface area contributed by atoms with Crippen molar-refractivity contribution in [2.75, 3.05) is 31.9 Å². The van der Waals surface area contributed by atoms with Crippen LogP contribution in [0.2, 0.25) is 0 Å². The number of amides is 2. The minimum Gasteiger partial charge on any atom is -0.465 e. The molecule has 1 aliphatic rings. The van der Waals surface area contributed by atoms with Crippen LogP contribution in [0, 0.1) is 0 Å². The van der Waals surface area contributed by atoms with Gasteiger partial charge in [-0.3, -0.25) is 9.48 Å². The van der Waals surface area contributed by atoms with Gasteiger partial charge in [-0.25, -0.2) is 14.8 Å². The molecule has 0 atom stereocenters. The van der Waals surface area contributed by atoms with Crippen molar-refractivity contribution in [1.29, 1.82) is 0 Å². The fraction of sp³-hybridized carbons (Fsp3) is 0.208. The van der Waals surface area contributed by atoms with Crippen LogP contribution >= 0.6 is 0 Å². The first-order chi connectivity index (χ1) is 16.4. The minimum absolute atomic E-state index is 0.236. The lowest BCUT2D eigenvalue weighted by atomic mass is 10.0. The first-order valence-electron chi connectivity index (χ1n) is 10.8. The Balaban J connectivity index is 1.47. The quantitative estimate of drug-likeness (QED) is 0.484. The molecule has 0 aliphatic carbocycles. The molecule has 1 aromatic carbocycles. The molecule has 4 heterocycles. The molecule has 0 saturated carbocycles. The van der Waals surface area contributed by atoms with Crippen LogP contribution in [0.1, 0.15) is 10.5 Å². The highest BCUT2D eigenvalue weighted by molar-refractivity contribution is 6.02. The number of anilines is 1. The number of nitrogens with two attached hydrogens (primary N) is 1. The number of rotatable bonds is 3. The molecule has 10 heteroatoms. The van der Waals surface area contributed by atoms with E-state index in [9.17, 15) is 9.59 Å². The molecule has 10 nitrogen and oxygen atoms in total. The van der Waals surface area contributed by atoms with Gasteiger partial charge in [0.25, 0.3) is 5.91 Å². The Morgan fingerprint density at radius 3 is 2.24 bits per heavy atom. The van der Waals surface area contributed by atoms with Crippen LogP contribution in [-0.4, -0.2) is 72.8 Å². The number of carbonyl (C=O) groups excluding carboxylic acids is 1. The topological polar surface area (TPSA) is 130 Å². The number of carbonyl (C=O) groups is 2. The Kier molecular flexibility index (Phi) is 5.33. The third-order valence-electron chi connectivity index (χ3n) is 6.05. The lowest BCUT2D eigenvalue weighted by molar-refractivity contribution is 0.0620. The average Bonchev–Trinajstić information content (AvgIpc) is 3.30. The van der Waals surface area contributed by atoms with Crippen molar-refractivity contribution in [1.82, 2.24) is 29.5 Å². The lowest BCUT2D eigenvalue weighted by Crippen LogP contribution is -2.50. The zero-order valence-corrected chi connectivity index (χ0v) is 18.5. The van der Waals surface area contributed by atoms with Crippen molar-refractivity contribution in [2.24, 2.45) is 7.05 Å². The number of fused-ring (bicyclic) bond motifs is 1. The van der Waals surface area contributed by atoms with E-state index in [1.54, 1.807) is 27.9 Å². The van der Waals surface area contributed by atoms with Crippen LogP contribution in [-0.2, 0) is 7.05 Å². The number of aromatic nitrogens is 4. The summed E-state index contributed by atoms with van der Waals surface area (Å²) < 4.78 is 1.75. The number of aryl methyl sites for hydroxylation is 1. The van der Waals surface area contributed by atoms with E-state index in [0.717, 1.165) is 22.3 Å². The van der Waals surface area contributed by atoms with Crippen LogP contribution in [0.4, 0.5) is 10.6 Å². The predicted molar refractivity (Wildman–Crippen MR) is 127 cm³/mol. The number of hydrogen-bond donors (Lipinski definition) is 2. The van der Waals surface area contributed by atoms with Crippen LogP contribution in [0.15, 0.2) is 55.0 Å². The molecule has 172 valence electrons. The number of benzene rings is 1. The molecule has 3 aromatic heterocycles. The minimum atomic E-state index is -0.974. The lowest BCUT2D eigenvalue weighted by Gasteiger charge is -2.32. The zero-order valence-electron chi connectivity index (χ0n) is 18.5. The number of hydrogen-bond acceptors (Lipinski definition) is 6. The molecule has 4 aromatic rings. The fourth-order valence-electron chi connectivity index (χ4n) is 4.14. The largest absolute Gasteiger partial charge is 0.465 e. The summed E-state index contributed by atoms with van der Waals surface area (Å²) in [6.07, 6.45) is 4.46. The Morgan fingerprint density at radius 2 is 1.59 bits per heavy atom. The van der Waals surface area contributed by atoms with Gasteiger partial charge < -0.3 is 20.6 Å². The van der Waals surface area contributed by atoms with Gasteiger partial charge >= 0.3 is 6.09 Å². The Labute approximate surface area is 195 Å². The summed E-state index contributed by atoms with van der Waals surface area (Å²) in [6, 6.07) is 11.4. The van der Waals surface area contributed by atoms with E-state index < -0.39 is 6.09 Å². The van der Waals surface area contributed by atoms with Gasteiger partial charge in [-0.15, -0.1) is 0 Å². The SMILES string of the molecule is Cn1cc(-c2ccc(-c3cnc(N)c4ccc(C(=O)N5CCN(C(=O)O)CC5)nc34)cc2)cn1. The van der Waals surface area contributed by atoms with Crippen LogP contribution < -0.4 is 5.73 Å². The van der Waals surface area contributed by atoms with Gasteiger partial charge in [-0.2, -0.15) is 5.10 Å². The normalized spacial score (nSPS) is 13.9. The smallest absolute Gasteiger partial charge is 0.407 e. The Morgan fingerprint density at radius 1 is 0.912 bits per heavy atom. The Bertz CT molecular complexity index is 1390. The van der Waals surface area contributed by atoms with Crippen molar-refractivity contribution >= 4 is 28.7 Å². The first-order valence-corrected chi connectivity index (χ1v) is 10.8. The molecule has 3 N–H and O–H groups in total. The van der Waals surface area contributed by atoms with Gasteiger partial charge in [0.15, 0.2) is 0 Å². The molecule has 0 spiro atoms. The zero-order chi connectivity index (χ0) is 23.8. The van der Waals surface area contributed by atoms with E-state index in [4.69, 9.17) is 10.8 Å². The third kappa shape index (κ3) is 3.90. The van der Waals surface area contributed by atoms with E-state index in [2.05, 4.69) is 15.1 Å². The van der Waals surface area contributed by atoms with Gasteiger partial charge in [0.05, 0.1) is 11.7 Å². The maximum atomic E-state index is 13.1. The molecule has 0 unspecified atom stereocenters. The summed E-state index contributed by atoms with van der Waals surface area (Å²) >= 11 is 0. The van der Waals surface area contributed by atoms with Gasteiger partial charge in [0.1, 0.15) is 11.5 Å². The summed E-state index contributed by atoms with van der Waals surface area (Å²) in [5.74, 6) is 0.104. The van der Waals surface area contributed by atoms with Crippen molar-refractivity contribution < 1.29 is 14.7 Å². The van der Waals surface area contributed by atoms with Crippen molar-refractivity contribution in [2.45, 2.75) is 0 Å². The standard InChI is InChI=1S/C24H23N7O3/c1-29-14-17(12-27-29)15-2-4-16(5-3-15)19-13-26-22(25)18-6-7-20(28-21(18)19)23(32)30-8-10-31(11-9-30)24(33)34/h2-7,12-14H,8-11H2,1H3,(H2,25,26)(H,33,34). The summed E-state index contributed by atoms with van der Waals surface area (Å²) in [5.41, 5.74) is 10.7. The fourth-order valence-corrected chi connectivity index (χ4v) is 4.14. The second kappa shape index (κ2) is 8.47. The number of pyridine rings is 2. The molecule has 0 bridgehead atoms. The number of carboxylic acid groups (broad SMARTS) is 1. The highest BCUT2D eigenvalue weighted by Gasteiger charge is 2.25. The van der Waals surface area contributed by atoms with Gasteiger partial charge in [0.2, 0.25) is 0 Å². The van der Waals surface area contributed by atoms with Crippen LogP contribution in [0.3, 0.4) is 0 Å². The van der Waals surface area contributed by atoms with Crippen molar-refractivity contribution in [3.8, 4) is 22.3 Å². The van der Waals surface area contributed by atoms with Gasteiger partial charge in [-0.05, 0) is 23.3 Å². The second-order valence-electron chi connectivity index (χ2n) is 8.19. The second-order valence-corrected chi connectivity index (χ2v) is 8.19. The summed E-state index contributed by atoms with van der Waals surface area (Å²) in [5, 5.41) is 14.0. The van der Waals surface area contributed by atoms with E-state index >= 15 is 0 Å². The third-order valence-corrected chi connectivity index (χ3v) is 6.05. The maximum absolute atomic E-state index is 13.1. The molecule has 1 aliphatic heterocycles. The summed E-state index contributed by atoms with van der Waals surface area (Å²) in [4.78, 5) is 36.2. The molecular weight excluding hydrogens is 434 g/mol. The van der Waals surface area contributed by atoms with Crippen molar-refractivity contribution in [3.63, 3.8) is 0 Å². The number of nitrogen functional groups attached to an aromatic ring is 1. The van der Waals surface area contributed by atoms with E-state index in [1.807, 2.05) is 43.7 Å². The molecule has 1 saturated heterocycles. The summed E-state index contributed by atoms with van der Waals surface area (Å²) in [7, 11) is 1.88. The van der Waals surface area contributed by atoms with Gasteiger partial charge in [0, 0.05) is 62.1 Å². The molecule has 1 fully saturated rings. The monoisotopic (exact) mass is 457 g/mol. The predicted octanol–water partition coefficient (Wildman–Crippen LogP) is 2.72. The highest BCUT2D eigenvalue weighted by Crippen LogP contribution is 2.31. The number of piperazine rings is 1. The van der Waals surface area contributed by atoms with Gasteiger partial charge in [-0.1, -0.05) is 24.3 Å². The van der Waals surface area contributed by atoms with Crippen LogP contribution in [0.25, 0.3) is 33.2 Å². The van der Waals surface area contributed by atoms with E-state index in [0.29, 0.717) is 29.8 Å². The summed E-state index contributed by atoms with van der Waals surface area (Å²) in [6.45, 7) is 1.21. The number of nitrogens with zero attached hydrogens (tertiary/aromatic N) is 6. The first kappa shape index (κ1) is 21.4. The van der Waals surface area contributed by atoms with E-state index in [-0.39, 0.29) is 24.7 Å². The highest BCUT2D eigenvalue weighted by atomic mass is 16.4. The molecule has 5 rings (SSSR count). The van der Waals surface area contributed by atoms with E-state index in [1.165, 1.54) is 4.90 Å². The van der Waals surface area contributed by atoms with Crippen molar-refractivity contribution in [3.05, 3.63) is 60.7 Å². The maximum Gasteiger partial charge on any atom is 0.407 e. The Hall–Kier alpha value is -4.47. The molecule has 34 heavy (non-hydrogen) atoms. The molecule has 0 radical (unpaired) electrons. The average molecular weight is 457 g/mol. The molecular formula is C24H23N7O3. The van der Waals surface area contributed by atoms with Crippen LogP contribution in [0.5, 0.6) is 0 Å².